The molecule has 0 aliphatic rings. The second-order valence-electron chi connectivity index (χ2n) is 5.95. The van der Waals surface area contributed by atoms with Crippen LogP contribution in [0.1, 0.15) is 35.3 Å². The normalized spacial score (nSPS) is 11.6. The minimum atomic E-state index is 0.0579. The quantitative estimate of drug-likeness (QED) is 0.776. The average Bonchev–Trinajstić information content (AvgIpc) is 2.66. The third kappa shape index (κ3) is 3.64. The summed E-state index contributed by atoms with van der Waals surface area (Å²) in [6.45, 7) is 6.06. The summed E-state index contributed by atoms with van der Waals surface area (Å²) >= 11 is 0. The Morgan fingerprint density at radius 3 is 2.48 bits per heavy atom. The smallest absolute Gasteiger partial charge is 0.163 e. The number of hydrogen-bond acceptors (Lipinski definition) is 5. The zero-order valence-corrected chi connectivity index (χ0v) is 14.5. The number of aryl methyl sites for hydroxylation is 1. The van der Waals surface area contributed by atoms with Crippen LogP contribution >= 0.6 is 0 Å². The van der Waals surface area contributed by atoms with Gasteiger partial charge in [0.1, 0.15) is 5.82 Å². The lowest BCUT2D eigenvalue weighted by Crippen LogP contribution is -2.11. The highest BCUT2D eigenvalue weighted by Crippen LogP contribution is 2.25. The summed E-state index contributed by atoms with van der Waals surface area (Å²) in [6.07, 6.45) is 3.49. The van der Waals surface area contributed by atoms with Crippen molar-refractivity contribution in [1.82, 2.24) is 15.0 Å². The van der Waals surface area contributed by atoms with Crippen molar-refractivity contribution in [2.75, 3.05) is 5.32 Å². The number of rotatable bonds is 4. The van der Waals surface area contributed by atoms with E-state index in [0.29, 0.717) is 11.4 Å². The second-order valence-corrected chi connectivity index (χ2v) is 5.95. The molecule has 0 amide bonds. The Bertz CT molecular complexity index is 911. The Morgan fingerprint density at radius 2 is 1.84 bits per heavy atom. The number of nitrogens with zero attached hydrogens (tertiary/aromatic N) is 4. The zero-order valence-electron chi connectivity index (χ0n) is 14.5. The van der Waals surface area contributed by atoms with E-state index in [1.165, 1.54) is 0 Å². The summed E-state index contributed by atoms with van der Waals surface area (Å²) < 4.78 is 0. The van der Waals surface area contributed by atoms with E-state index in [1.807, 2.05) is 50.2 Å². The summed E-state index contributed by atoms with van der Waals surface area (Å²) in [4.78, 5) is 13.4. The van der Waals surface area contributed by atoms with Crippen molar-refractivity contribution in [2.24, 2.45) is 0 Å². The minimum Gasteiger partial charge on any atom is -0.363 e. The maximum absolute atomic E-state index is 8.92. The number of pyridine rings is 1. The van der Waals surface area contributed by atoms with Crippen LogP contribution in [-0.2, 0) is 0 Å². The summed E-state index contributed by atoms with van der Waals surface area (Å²) in [5, 5.41) is 12.4. The van der Waals surface area contributed by atoms with E-state index < -0.39 is 0 Å². The number of benzene rings is 1. The van der Waals surface area contributed by atoms with Gasteiger partial charge in [-0.3, -0.25) is 4.98 Å². The Labute approximate surface area is 147 Å². The van der Waals surface area contributed by atoms with E-state index in [0.717, 1.165) is 28.2 Å². The van der Waals surface area contributed by atoms with Crippen molar-refractivity contribution in [3.63, 3.8) is 0 Å². The van der Waals surface area contributed by atoms with Gasteiger partial charge in [0.25, 0.3) is 0 Å². The zero-order chi connectivity index (χ0) is 17.8. The molecule has 0 aliphatic carbocycles. The monoisotopic (exact) mass is 329 g/mol. The number of nitriles is 1. The van der Waals surface area contributed by atoms with Gasteiger partial charge in [0.05, 0.1) is 11.6 Å². The van der Waals surface area contributed by atoms with E-state index in [4.69, 9.17) is 5.26 Å². The van der Waals surface area contributed by atoms with Gasteiger partial charge < -0.3 is 5.32 Å². The fraction of sp³-hybridized carbons (Fsp3) is 0.200. The van der Waals surface area contributed by atoms with Crippen LogP contribution in [0.15, 0.2) is 48.8 Å². The number of nitrogens with one attached hydrogen (secondary N) is 1. The molecule has 1 N–H and O–H groups in total. The Morgan fingerprint density at radius 1 is 1.08 bits per heavy atom. The highest BCUT2D eigenvalue weighted by Gasteiger charge is 2.13. The number of anilines is 1. The third-order valence-corrected chi connectivity index (χ3v) is 4.20. The number of hydrogen-bond donors (Lipinski definition) is 1. The van der Waals surface area contributed by atoms with Crippen molar-refractivity contribution in [1.29, 1.82) is 5.26 Å². The lowest BCUT2D eigenvalue weighted by molar-refractivity contribution is 0.866. The molecule has 2 aromatic heterocycles. The van der Waals surface area contributed by atoms with Crippen LogP contribution in [0.3, 0.4) is 0 Å². The molecule has 124 valence electrons. The van der Waals surface area contributed by atoms with Crippen LogP contribution in [0, 0.1) is 25.2 Å². The lowest BCUT2D eigenvalue weighted by Gasteiger charge is -2.18. The molecule has 0 radical (unpaired) electrons. The molecule has 3 aromatic rings. The standard InChI is InChI=1S/C20H19N5/c1-13-14(2)23-20(18-5-4-10-22-12-18)25-19(13)24-15(3)17-8-6-16(11-21)7-9-17/h4-10,12,15H,1-3H3,(H,23,24,25). The van der Waals surface area contributed by atoms with E-state index in [9.17, 15) is 0 Å². The van der Waals surface area contributed by atoms with Gasteiger partial charge in [-0.2, -0.15) is 5.26 Å². The first-order chi connectivity index (χ1) is 12.1. The van der Waals surface area contributed by atoms with Crippen LogP contribution in [0.25, 0.3) is 11.4 Å². The second kappa shape index (κ2) is 7.10. The molecular formula is C20H19N5. The fourth-order valence-corrected chi connectivity index (χ4v) is 2.53. The molecule has 5 nitrogen and oxygen atoms in total. The van der Waals surface area contributed by atoms with Gasteiger partial charge in [-0.25, -0.2) is 9.97 Å². The summed E-state index contributed by atoms with van der Waals surface area (Å²) in [5.41, 5.74) is 4.60. The highest BCUT2D eigenvalue weighted by atomic mass is 15.1. The fourth-order valence-electron chi connectivity index (χ4n) is 2.53. The molecule has 5 heteroatoms. The summed E-state index contributed by atoms with van der Waals surface area (Å²) in [6, 6.07) is 13.6. The van der Waals surface area contributed by atoms with Crippen molar-refractivity contribution in [3.05, 3.63) is 71.2 Å². The maximum Gasteiger partial charge on any atom is 0.163 e. The minimum absolute atomic E-state index is 0.0579. The van der Waals surface area contributed by atoms with Crippen LogP contribution in [-0.4, -0.2) is 15.0 Å². The van der Waals surface area contributed by atoms with Gasteiger partial charge >= 0.3 is 0 Å². The molecule has 1 aromatic carbocycles. The summed E-state index contributed by atoms with van der Waals surface area (Å²) in [7, 11) is 0. The first-order valence-corrected chi connectivity index (χ1v) is 8.10. The van der Waals surface area contributed by atoms with Gasteiger partial charge in [0, 0.05) is 35.3 Å². The third-order valence-electron chi connectivity index (χ3n) is 4.20. The molecular weight excluding hydrogens is 310 g/mol. The SMILES string of the molecule is Cc1nc(-c2cccnc2)nc(NC(C)c2ccc(C#N)cc2)c1C. The molecule has 1 atom stereocenters. The van der Waals surface area contributed by atoms with Crippen LogP contribution < -0.4 is 5.32 Å². The van der Waals surface area contributed by atoms with Gasteiger partial charge in [0.2, 0.25) is 0 Å². The topological polar surface area (TPSA) is 74.5 Å². The molecule has 0 fully saturated rings. The van der Waals surface area contributed by atoms with E-state index in [2.05, 4.69) is 33.3 Å². The van der Waals surface area contributed by atoms with Crippen molar-refractivity contribution < 1.29 is 0 Å². The molecule has 0 bridgehead atoms. The lowest BCUT2D eigenvalue weighted by atomic mass is 10.1. The van der Waals surface area contributed by atoms with Gasteiger partial charge in [-0.1, -0.05) is 12.1 Å². The van der Waals surface area contributed by atoms with E-state index in [1.54, 1.807) is 12.4 Å². The molecule has 2 heterocycles. The first-order valence-electron chi connectivity index (χ1n) is 8.10. The van der Waals surface area contributed by atoms with Crippen LogP contribution in [0.2, 0.25) is 0 Å². The largest absolute Gasteiger partial charge is 0.363 e. The van der Waals surface area contributed by atoms with Crippen LogP contribution in [0.4, 0.5) is 5.82 Å². The van der Waals surface area contributed by atoms with Crippen molar-refractivity contribution in [3.8, 4) is 17.5 Å². The molecule has 1 unspecified atom stereocenters. The Hall–Kier alpha value is -3.26. The Kier molecular flexibility index (Phi) is 4.71. The molecule has 0 spiro atoms. The molecule has 0 aliphatic heterocycles. The van der Waals surface area contributed by atoms with Gasteiger partial charge in [-0.15, -0.1) is 0 Å². The summed E-state index contributed by atoms with van der Waals surface area (Å²) in [5.74, 6) is 1.47. The van der Waals surface area contributed by atoms with E-state index >= 15 is 0 Å². The molecule has 0 saturated heterocycles. The van der Waals surface area contributed by atoms with E-state index in [-0.39, 0.29) is 6.04 Å². The average molecular weight is 329 g/mol. The predicted octanol–water partition coefficient (Wildman–Crippen LogP) is 4.20. The van der Waals surface area contributed by atoms with Crippen LogP contribution in [0.5, 0.6) is 0 Å². The predicted molar refractivity (Wildman–Crippen MR) is 97.9 cm³/mol. The van der Waals surface area contributed by atoms with Gasteiger partial charge in [0.15, 0.2) is 5.82 Å². The molecule has 25 heavy (non-hydrogen) atoms. The Balaban J connectivity index is 1.91. The number of aromatic nitrogens is 3. The first kappa shape index (κ1) is 16.6. The van der Waals surface area contributed by atoms with Gasteiger partial charge in [-0.05, 0) is 50.6 Å². The van der Waals surface area contributed by atoms with Crippen molar-refractivity contribution in [2.45, 2.75) is 26.8 Å². The maximum atomic E-state index is 8.92. The molecule has 0 saturated carbocycles. The molecule has 3 rings (SSSR count). The highest BCUT2D eigenvalue weighted by molar-refractivity contribution is 5.59. The van der Waals surface area contributed by atoms with Crippen molar-refractivity contribution >= 4 is 5.82 Å².